The number of carbonyl (C=O) groups is 1. The maximum absolute atomic E-state index is 12.0. The van der Waals surface area contributed by atoms with E-state index in [0.29, 0.717) is 11.2 Å². The van der Waals surface area contributed by atoms with E-state index in [-0.39, 0.29) is 0 Å². The van der Waals surface area contributed by atoms with Crippen LogP contribution in [0.15, 0.2) is 4.99 Å². The van der Waals surface area contributed by atoms with E-state index >= 15 is 0 Å². The van der Waals surface area contributed by atoms with Gasteiger partial charge in [0, 0.05) is 37.8 Å². The van der Waals surface area contributed by atoms with Crippen molar-refractivity contribution in [1.82, 2.24) is 15.5 Å². The molecule has 0 aliphatic carbocycles. The van der Waals surface area contributed by atoms with E-state index in [4.69, 9.17) is 4.99 Å². The van der Waals surface area contributed by atoms with Gasteiger partial charge in [0.15, 0.2) is 5.96 Å². The van der Waals surface area contributed by atoms with Crippen LogP contribution in [0.1, 0.15) is 51.9 Å². The summed E-state index contributed by atoms with van der Waals surface area (Å²) in [5.74, 6) is 2.54. The average molecular weight is 341 g/mol. The molecule has 2 aliphatic heterocycles. The van der Waals surface area contributed by atoms with Gasteiger partial charge in [-0.1, -0.05) is 6.42 Å². The van der Waals surface area contributed by atoms with Gasteiger partial charge in [-0.15, -0.1) is 0 Å². The number of guanidine groups is 1. The summed E-state index contributed by atoms with van der Waals surface area (Å²) in [5, 5.41) is 7.41. The van der Waals surface area contributed by atoms with E-state index in [1.165, 1.54) is 25.0 Å². The van der Waals surface area contributed by atoms with Gasteiger partial charge in [0.05, 0.1) is 6.54 Å². The van der Waals surface area contributed by atoms with Crippen LogP contribution in [-0.2, 0) is 4.79 Å². The number of aliphatic imine (C=N–C) groups is 1. The van der Waals surface area contributed by atoms with E-state index in [0.717, 1.165) is 64.4 Å². The van der Waals surface area contributed by atoms with Crippen LogP contribution in [0.2, 0.25) is 0 Å². The van der Waals surface area contributed by atoms with E-state index in [1.807, 2.05) is 16.7 Å². The Morgan fingerprint density at radius 3 is 3.00 bits per heavy atom. The van der Waals surface area contributed by atoms with Crippen molar-refractivity contribution in [1.29, 1.82) is 0 Å². The molecule has 0 bridgehead atoms. The molecule has 2 heterocycles. The maximum Gasteiger partial charge on any atom is 0.222 e. The predicted octanol–water partition coefficient (Wildman–Crippen LogP) is 2.23. The van der Waals surface area contributed by atoms with Crippen molar-refractivity contribution in [3.8, 4) is 0 Å². The van der Waals surface area contributed by atoms with E-state index in [2.05, 4.69) is 17.6 Å². The molecule has 1 amide bonds. The van der Waals surface area contributed by atoms with Crippen molar-refractivity contribution in [3.63, 3.8) is 0 Å². The molecule has 0 spiro atoms. The van der Waals surface area contributed by atoms with Crippen LogP contribution in [0.4, 0.5) is 0 Å². The molecular formula is C17H32N4OS. The molecule has 2 saturated heterocycles. The van der Waals surface area contributed by atoms with Gasteiger partial charge in [-0.3, -0.25) is 9.79 Å². The largest absolute Gasteiger partial charge is 0.357 e. The molecule has 1 atom stereocenters. The van der Waals surface area contributed by atoms with Gasteiger partial charge in [-0.25, -0.2) is 0 Å². The lowest BCUT2D eigenvalue weighted by Crippen LogP contribution is -2.39. The monoisotopic (exact) mass is 340 g/mol. The predicted molar refractivity (Wildman–Crippen MR) is 99.1 cm³/mol. The molecule has 6 heteroatoms. The van der Waals surface area contributed by atoms with E-state index in [9.17, 15) is 4.79 Å². The molecule has 2 rings (SSSR count). The zero-order valence-electron chi connectivity index (χ0n) is 14.5. The fourth-order valence-corrected chi connectivity index (χ4v) is 4.25. The molecule has 2 aliphatic rings. The molecule has 2 fully saturated rings. The second kappa shape index (κ2) is 10.8. The lowest BCUT2D eigenvalue weighted by molar-refractivity contribution is -0.130. The van der Waals surface area contributed by atoms with Crippen molar-refractivity contribution >= 4 is 23.6 Å². The van der Waals surface area contributed by atoms with Gasteiger partial charge >= 0.3 is 0 Å². The summed E-state index contributed by atoms with van der Waals surface area (Å²) >= 11 is 2.04. The normalized spacial score (nSPS) is 23.0. The minimum absolute atomic E-state index is 0.335. The highest BCUT2D eigenvalue weighted by atomic mass is 32.2. The van der Waals surface area contributed by atoms with Crippen molar-refractivity contribution in [2.45, 2.75) is 57.1 Å². The molecule has 0 saturated carbocycles. The Balaban J connectivity index is 1.66. The number of thioether (sulfide) groups is 1. The van der Waals surface area contributed by atoms with Crippen molar-refractivity contribution in [2.75, 3.05) is 38.5 Å². The second-order valence-electron chi connectivity index (χ2n) is 6.33. The summed E-state index contributed by atoms with van der Waals surface area (Å²) in [4.78, 5) is 18.7. The van der Waals surface area contributed by atoms with Gasteiger partial charge in [0.25, 0.3) is 0 Å². The number of amides is 1. The first-order valence-corrected chi connectivity index (χ1v) is 10.3. The SMILES string of the molecule is CCNC(=NCC1CCCS1)NCCCN1CCCCCC1=O. The first kappa shape index (κ1) is 18.4. The highest BCUT2D eigenvalue weighted by molar-refractivity contribution is 8.00. The molecule has 0 aromatic rings. The van der Waals surface area contributed by atoms with Crippen LogP contribution in [-0.4, -0.2) is 60.5 Å². The summed E-state index contributed by atoms with van der Waals surface area (Å²) in [7, 11) is 0. The third kappa shape index (κ3) is 7.02. The van der Waals surface area contributed by atoms with E-state index in [1.54, 1.807) is 0 Å². The summed E-state index contributed by atoms with van der Waals surface area (Å²) < 4.78 is 0. The Morgan fingerprint density at radius 1 is 1.30 bits per heavy atom. The summed E-state index contributed by atoms with van der Waals surface area (Å²) in [5.41, 5.74) is 0. The number of hydrogen-bond acceptors (Lipinski definition) is 3. The van der Waals surface area contributed by atoms with Crippen LogP contribution in [0, 0.1) is 0 Å². The molecule has 2 N–H and O–H groups in total. The zero-order valence-corrected chi connectivity index (χ0v) is 15.3. The Hall–Kier alpha value is -0.910. The van der Waals surface area contributed by atoms with Gasteiger partial charge in [-0.05, 0) is 44.8 Å². The van der Waals surface area contributed by atoms with Gasteiger partial charge in [0.2, 0.25) is 5.91 Å². The number of nitrogens with zero attached hydrogens (tertiary/aromatic N) is 2. The van der Waals surface area contributed by atoms with Gasteiger partial charge < -0.3 is 15.5 Å². The standard InChI is InChI=1S/C17H32N4OS/c1-2-18-17(20-14-15-8-6-13-23-15)19-10-7-12-21-11-5-3-4-9-16(21)22/h15H,2-14H2,1H3,(H2,18,19,20). The van der Waals surface area contributed by atoms with Gasteiger partial charge in [-0.2, -0.15) is 11.8 Å². The number of carbonyl (C=O) groups excluding carboxylic acids is 1. The fraction of sp³-hybridized carbons (Fsp3) is 0.882. The van der Waals surface area contributed by atoms with Crippen molar-refractivity contribution in [3.05, 3.63) is 0 Å². The minimum atomic E-state index is 0.335. The molecular weight excluding hydrogens is 308 g/mol. The van der Waals surface area contributed by atoms with Crippen molar-refractivity contribution in [2.24, 2.45) is 4.99 Å². The third-order valence-electron chi connectivity index (χ3n) is 4.39. The summed E-state index contributed by atoms with van der Waals surface area (Å²) in [6.45, 7) is 6.55. The van der Waals surface area contributed by atoms with Crippen LogP contribution in [0.25, 0.3) is 0 Å². The minimum Gasteiger partial charge on any atom is -0.357 e. The zero-order chi connectivity index (χ0) is 16.3. The number of likely N-dealkylation sites (tertiary alicyclic amines) is 1. The fourth-order valence-electron chi connectivity index (χ4n) is 3.07. The lowest BCUT2D eigenvalue weighted by Gasteiger charge is -2.20. The smallest absolute Gasteiger partial charge is 0.222 e. The number of hydrogen-bond donors (Lipinski definition) is 2. The Bertz CT molecular complexity index is 383. The first-order chi connectivity index (χ1) is 11.3. The van der Waals surface area contributed by atoms with Crippen LogP contribution < -0.4 is 10.6 Å². The number of nitrogens with one attached hydrogen (secondary N) is 2. The molecule has 23 heavy (non-hydrogen) atoms. The summed E-state index contributed by atoms with van der Waals surface area (Å²) in [6, 6.07) is 0. The molecule has 0 radical (unpaired) electrons. The molecule has 1 unspecified atom stereocenters. The Labute approximate surface area is 145 Å². The van der Waals surface area contributed by atoms with Gasteiger partial charge in [0.1, 0.15) is 0 Å². The topological polar surface area (TPSA) is 56.7 Å². The highest BCUT2D eigenvalue weighted by Crippen LogP contribution is 2.25. The maximum atomic E-state index is 12.0. The first-order valence-electron chi connectivity index (χ1n) is 9.21. The second-order valence-corrected chi connectivity index (χ2v) is 7.73. The average Bonchev–Trinajstić information content (AvgIpc) is 2.99. The molecule has 132 valence electrons. The van der Waals surface area contributed by atoms with Crippen LogP contribution in [0.5, 0.6) is 0 Å². The Kier molecular flexibility index (Phi) is 8.64. The molecule has 0 aromatic heterocycles. The van der Waals surface area contributed by atoms with E-state index < -0.39 is 0 Å². The summed E-state index contributed by atoms with van der Waals surface area (Å²) in [6.07, 6.45) is 7.75. The third-order valence-corrected chi connectivity index (χ3v) is 5.77. The number of rotatable bonds is 7. The van der Waals surface area contributed by atoms with Crippen molar-refractivity contribution < 1.29 is 4.79 Å². The quantitative estimate of drug-likeness (QED) is 0.424. The molecule has 5 nitrogen and oxygen atoms in total. The van der Waals surface area contributed by atoms with Crippen LogP contribution >= 0.6 is 11.8 Å². The molecule has 0 aromatic carbocycles. The lowest BCUT2D eigenvalue weighted by atomic mass is 10.2. The Morgan fingerprint density at radius 2 is 2.22 bits per heavy atom. The highest BCUT2D eigenvalue weighted by Gasteiger charge is 2.16. The van der Waals surface area contributed by atoms with Crippen LogP contribution in [0.3, 0.4) is 0 Å².